The molecule has 0 N–H and O–H groups in total. The zero-order chi connectivity index (χ0) is 23.6. The maximum atomic E-state index is 13.5. The lowest BCUT2D eigenvalue weighted by Crippen LogP contribution is -2.38. The van der Waals surface area contributed by atoms with E-state index in [9.17, 15) is 35.2 Å². The van der Waals surface area contributed by atoms with Crippen LogP contribution >= 0.6 is 23.2 Å². The standard InChI is InChI=1S/C16H12Cl2F5N3O4S/c1-30-15(27)13-14(25-5-4-24-13)26(6-11(19)20)31(28,29)7-8-9(17)2-3-10(18)12(8)16(21,22)23/h2-5,11H,6-7H2,1H3. The van der Waals surface area contributed by atoms with Crippen LogP contribution in [0.2, 0.25) is 10.0 Å². The van der Waals surface area contributed by atoms with Gasteiger partial charge in [-0.05, 0) is 12.1 Å². The number of methoxy groups -OCH3 is 1. The minimum absolute atomic E-state index is 0.0195. The Hall–Kier alpha value is -2.25. The number of aromatic nitrogens is 2. The largest absolute Gasteiger partial charge is 0.464 e. The van der Waals surface area contributed by atoms with Gasteiger partial charge in [-0.3, -0.25) is 0 Å². The molecule has 0 atom stereocenters. The van der Waals surface area contributed by atoms with Crippen LogP contribution in [0.4, 0.5) is 27.8 Å². The third-order valence-electron chi connectivity index (χ3n) is 3.75. The number of rotatable bonds is 7. The molecule has 0 saturated carbocycles. The first-order valence-corrected chi connectivity index (χ1v) is 10.4. The summed E-state index contributed by atoms with van der Waals surface area (Å²) < 4.78 is 97.0. The van der Waals surface area contributed by atoms with E-state index >= 15 is 0 Å². The van der Waals surface area contributed by atoms with Crippen LogP contribution in [0.1, 0.15) is 21.6 Å². The molecule has 0 aliphatic carbocycles. The monoisotopic (exact) mass is 507 g/mol. The van der Waals surface area contributed by atoms with Gasteiger partial charge in [0.25, 0.3) is 6.43 Å². The molecule has 2 aromatic rings. The number of nitrogens with zero attached hydrogens (tertiary/aromatic N) is 3. The summed E-state index contributed by atoms with van der Waals surface area (Å²) in [4.78, 5) is 19.0. The van der Waals surface area contributed by atoms with Crippen LogP contribution in [0.5, 0.6) is 0 Å². The Bertz CT molecular complexity index is 1080. The summed E-state index contributed by atoms with van der Waals surface area (Å²) in [6.45, 7) is -1.52. The molecule has 7 nitrogen and oxygen atoms in total. The minimum atomic E-state index is -5.09. The molecular formula is C16H12Cl2F5N3O4S. The van der Waals surface area contributed by atoms with Crippen molar-refractivity contribution in [2.24, 2.45) is 0 Å². The summed E-state index contributed by atoms with van der Waals surface area (Å²) in [5, 5.41) is -1.44. The maximum absolute atomic E-state index is 13.5. The number of hydrogen-bond acceptors (Lipinski definition) is 6. The molecule has 31 heavy (non-hydrogen) atoms. The van der Waals surface area contributed by atoms with Crippen molar-refractivity contribution in [1.82, 2.24) is 9.97 Å². The van der Waals surface area contributed by atoms with Crippen LogP contribution in [0.25, 0.3) is 0 Å². The van der Waals surface area contributed by atoms with E-state index in [2.05, 4.69) is 14.7 Å². The summed E-state index contributed by atoms with van der Waals surface area (Å²) in [6, 6.07) is 1.75. The van der Waals surface area contributed by atoms with Crippen LogP contribution in [-0.4, -0.2) is 44.4 Å². The third kappa shape index (κ3) is 5.71. The molecule has 1 aromatic heterocycles. The average Bonchev–Trinajstić information content (AvgIpc) is 2.67. The first-order valence-electron chi connectivity index (χ1n) is 8.01. The molecule has 0 bridgehead atoms. The number of halogens is 7. The fraction of sp³-hybridized carbons (Fsp3) is 0.312. The molecule has 0 saturated heterocycles. The summed E-state index contributed by atoms with van der Waals surface area (Å²) in [5.41, 5.74) is -3.22. The van der Waals surface area contributed by atoms with Crippen molar-refractivity contribution < 1.29 is 39.9 Å². The van der Waals surface area contributed by atoms with Crippen molar-refractivity contribution in [1.29, 1.82) is 0 Å². The van der Waals surface area contributed by atoms with Gasteiger partial charge in [-0.25, -0.2) is 36.3 Å². The van der Waals surface area contributed by atoms with Crippen LogP contribution in [0.3, 0.4) is 0 Å². The zero-order valence-electron chi connectivity index (χ0n) is 15.3. The van der Waals surface area contributed by atoms with Crippen molar-refractivity contribution in [2.45, 2.75) is 18.4 Å². The second kappa shape index (κ2) is 9.49. The number of carbonyl (C=O) groups excluding carboxylic acids is 1. The summed E-state index contributed by atoms with van der Waals surface area (Å²) in [5.74, 6) is -3.51. The number of alkyl halides is 5. The van der Waals surface area contributed by atoms with E-state index in [0.29, 0.717) is 0 Å². The van der Waals surface area contributed by atoms with E-state index in [1.165, 1.54) is 0 Å². The lowest BCUT2D eigenvalue weighted by Gasteiger charge is -2.25. The lowest BCUT2D eigenvalue weighted by atomic mass is 10.1. The topological polar surface area (TPSA) is 89.5 Å². The van der Waals surface area contributed by atoms with Crippen molar-refractivity contribution in [2.75, 3.05) is 18.0 Å². The van der Waals surface area contributed by atoms with Gasteiger partial charge in [-0.1, -0.05) is 23.2 Å². The van der Waals surface area contributed by atoms with Crippen LogP contribution in [-0.2, 0) is 26.7 Å². The van der Waals surface area contributed by atoms with Gasteiger partial charge in [0.2, 0.25) is 10.0 Å². The van der Waals surface area contributed by atoms with E-state index < -0.39 is 73.6 Å². The van der Waals surface area contributed by atoms with Gasteiger partial charge in [0.05, 0.1) is 30.0 Å². The van der Waals surface area contributed by atoms with Crippen molar-refractivity contribution >= 4 is 45.0 Å². The fourth-order valence-electron chi connectivity index (χ4n) is 2.51. The number of carbonyl (C=O) groups is 1. The molecule has 1 heterocycles. The number of ether oxygens (including phenoxy) is 1. The van der Waals surface area contributed by atoms with Gasteiger partial charge >= 0.3 is 12.1 Å². The van der Waals surface area contributed by atoms with Crippen molar-refractivity contribution in [3.8, 4) is 0 Å². The van der Waals surface area contributed by atoms with E-state index in [-0.39, 0.29) is 4.31 Å². The average molecular weight is 508 g/mol. The Morgan fingerprint density at radius 3 is 2.29 bits per heavy atom. The van der Waals surface area contributed by atoms with Gasteiger partial charge in [-0.15, -0.1) is 0 Å². The minimum Gasteiger partial charge on any atom is -0.464 e. The normalized spacial score (nSPS) is 12.2. The maximum Gasteiger partial charge on any atom is 0.418 e. The molecule has 0 spiro atoms. The Balaban J connectivity index is 2.67. The molecule has 0 aliphatic heterocycles. The Labute approximate surface area is 182 Å². The smallest absolute Gasteiger partial charge is 0.418 e. The highest BCUT2D eigenvalue weighted by Crippen LogP contribution is 2.41. The number of benzene rings is 1. The predicted octanol–water partition coefficient (Wildman–Crippen LogP) is 4.19. The van der Waals surface area contributed by atoms with E-state index in [1.54, 1.807) is 0 Å². The SMILES string of the molecule is COC(=O)c1nccnc1N(CC(F)F)S(=O)(=O)Cc1c(Cl)ccc(Cl)c1C(F)(F)F. The number of esters is 1. The molecule has 170 valence electrons. The van der Waals surface area contributed by atoms with E-state index in [0.717, 1.165) is 31.6 Å². The van der Waals surface area contributed by atoms with Crippen LogP contribution < -0.4 is 4.31 Å². The molecule has 0 radical (unpaired) electrons. The van der Waals surface area contributed by atoms with Crippen LogP contribution in [0, 0.1) is 0 Å². The summed E-state index contributed by atoms with van der Waals surface area (Å²) in [6.07, 6.45) is -6.49. The third-order valence-corrected chi connectivity index (χ3v) is 6.06. The Morgan fingerprint density at radius 2 is 1.74 bits per heavy atom. The van der Waals surface area contributed by atoms with E-state index in [4.69, 9.17) is 23.2 Å². The molecule has 0 aliphatic rings. The highest BCUT2D eigenvalue weighted by Gasteiger charge is 2.40. The molecular weight excluding hydrogens is 496 g/mol. The highest BCUT2D eigenvalue weighted by atomic mass is 35.5. The predicted molar refractivity (Wildman–Crippen MR) is 101 cm³/mol. The molecule has 2 rings (SSSR count). The molecule has 0 fully saturated rings. The van der Waals surface area contributed by atoms with Crippen LogP contribution in [0.15, 0.2) is 24.5 Å². The summed E-state index contributed by atoms with van der Waals surface area (Å²) >= 11 is 11.4. The van der Waals surface area contributed by atoms with Gasteiger partial charge in [0.1, 0.15) is 0 Å². The summed E-state index contributed by atoms with van der Waals surface area (Å²) in [7, 11) is -4.09. The second-order valence-corrected chi connectivity index (χ2v) is 8.49. The fourth-order valence-corrected chi connectivity index (χ4v) is 4.66. The lowest BCUT2D eigenvalue weighted by molar-refractivity contribution is -0.138. The quantitative estimate of drug-likeness (QED) is 0.412. The van der Waals surface area contributed by atoms with Crippen molar-refractivity contribution in [3.63, 3.8) is 0 Å². The number of sulfonamides is 1. The highest BCUT2D eigenvalue weighted by molar-refractivity contribution is 7.92. The van der Waals surface area contributed by atoms with Crippen molar-refractivity contribution in [3.05, 3.63) is 51.4 Å². The van der Waals surface area contributed by atoms with Gasteiger partial charge < -0.3 is 4.74 Å². The Kier molecular flexibility index (Phi) is 7.66. The van der Waals surface area contributed by atoms with Gasteiger partial charge in [-0.2, -0.15) is 13.2 Å². The van der Waals surface area contributed by atoms with Gasteiger partial charge in [0, 0.05) is 23.0 Å². The first kappa shape index (κ1) is 25.0. The van der Waals surface area contributed by atoms with Gasteiger partial charge in [0.15, 0.2) is 11.5 Å². The molecule has 0 unspecified atom stereocenters. The number of anilines is 1. The second-order valence-electron chi connectivity index (χ2n) is 5.78. The van der Waals surface area contributed by atoms with E-state index in [1.807, 2.05) is 0 Å². The molecule has 1 aromatic carbocycles. The first-order chi connectivity index (χ1) is 14.3. The molecule has 15 heteroatoms. The zero-order valence-corrected chi connectivity index (χ0v) is 17.7. The Morgan fingerprint density at radius 1 is 1.16 bits per heavy atom. The number of hydrogen-bond donors (Lipinski definition) is 0. The molecule has 0 amide bonds.